The molecule has 0 atom stereocenters. The molecule has 2 rings (SSSR count). The first kappa shape index (κ1) is 17.1. The molecule has 24 heavy (non-hydrogen) atoms. The van der Waals surface area contributed by atoms with Gasteiger partial charge in [0.15, 0.2) is 12.4 Å². The van der Waals surface area contributed by atoms with Gasteiger partial charge in [-0.25, -0.2) is 4.39 Å². The van der Waals surface area contributed by atoms with Crippen molar-refractivity contribution >= 4 is 17.6 Å². The van der Waals surface area contributed by atoms with Gasteiger partial charge in [0.2, 0.25) is 0 Å². The van der Waals surface area contributed by atoms with Crippen LogP contribution in [0.4, 0.5) is 4.39 Å². The molecule has 0 aliphatic carbocycles. The molecule has 0 unspecified atom stereocenters. The Hall–Kier alpha value is -3.22. The van der Waals surface area contributed by atoms with Gasteiger partial charge in [0.05, 0.1) is 0 Å². The summed E-state index contributed by atoms with van der Waals surface area (Å²) in [5.74, 6) is -1.38. The fraction of sp³-hybridized carbons (Fsp3) is 0.118. The molecule has 0 aromatic heterocycles. The standard InChI is InChI=1S/C17H15FN2O4/c1-11(21)13-3-2-4-15(9-13)24-10-16(22)19-20-17(23)12-5-7-14(18)8-6-12/h2-9H,10H2,1H3,(H,19,22)(H,20,23). The topological polar surface area (TPSA) is 84.5 Å². The molecule has 0 saturated heterocycles. The highest BCUT2D eigenvalue weighted by Gasteiger charge is 2.08. The average Bonchev–Trinajstić information content (AvgIpc) is 2.58. The van der Waals surface area contributed by atoms with Crippen LogP contribution in [0.2, 0.25) is 0 Å². The molecule has 7 heteroatoms. The minimum atomic E-state index is -0.585. The van der Waals surface area contributed by atoms with Crippen molar-refractivity contribution in [1.82, 2.24) is 10.9 Å². The van der Waals surface area contributed by atoms with E-state index in [2.05, 4.69) is 10.9 Å². The second kappa shape index (κ2) is 7.87. The summed E-state index contributed by atoms with van der Waals surface area (Å²) >= 11 is 0. The summed E-state index contributed by atoms with van der Waals surface area (Å²) in [6.45, 7) is 1.09. The highest BCUT2D eigenvalue weighted by Crippen LogP contribution is 2.13. The van der Waals surface area contributed by atoms with Gasteiger partial charge in [-0.2, -0.15) is 0 Å². The maximum atomic E-state index is 12.8. The van der Waals surface area contributed by atoms with Crippen molar-refractivity contribution in [2.75, 3.05) is 6.61 Å². The molecule has 0 aliphatic heterocycles. The summed E-state index contributed by atoms with van der Waals surface area (Å²) in [5.41, 5.74) is 5.04. The fourth-order valence-corrected chi connectivity index (χ4v) is 1.79. The zero-order valence-electron chi connectivity index (χ0n) is 12.8. The molecule has 0 fully saturated rings. The molecule has 0 saturated carbocycles. The summed E-state index contributed by atoms with van der Waals surface area (Å²) in [7, 11) is 0. The van der Waals surface area contributed by atoms with E-state index in [1.807, 2.05) is 0 Å². The van der Waals surface area contributed by atoms with Crippen LogP contribution in [0.5, 0.6) is 5.75 Å². The van der Waals surface area contributed by atoms with E-state index in [1.165, 1.54) is 25.1 Å². The number of Topliss-reactive ketones (excluding diaryl/α,β-unsaturated/α-hetero) is 1. The lowest BCUT2D eigenvalue weighted by atomic mass is 10.1. The molecule has 0 bridgehead atoms. The Kier molecular flexibility index (Phi) is 5.62. The van der Waals surface area contributed by atoms with E-state index in [-0.39, 0.29) is 18.0 Å². The summed E-state index contributed by atoms with van der Waals surface area (Å²) < 4.78 is 18.0. The van der Waals surface area contributed by atoms with Crippen molar-refractivity contribution in [3.63, 3.8) is 0 Å². The number of ether oxygens (including phenoxy) is 1. The van der Waals surface area contributed by atoms with Crippen LogP contribution in [0, 0.1) is 5.82 Å². The molecule has 6 nitrogen and oxygen atoms in total. The van der Waals surface area contributed by atoms with E-state index in [0.717, 1.165) is 12.1 Å². The molecule has 0 spiro atoms. The second-order valence-corrected chi connectivity index (χ2v) is 4.88. The lowest BCUT2D eigenvalue weighted by Gasteiger charge is -2.09. The Labute approximate surface area is 137 Å². The zero-order chi connectivity index (χ0) is 17.5. The number of halogens is 1. The van der Waals surface area contributed by atoms with E-state index < -0.39 is 17.6 Å². The first-order valence-corrected chi connectivity index (χ1v) is 7.04. The number of rotatable bonds is 5. The van der Waals surface area contributed by atoms with Gasteiger partial charge in [-0.3, -0.25) is 25.2 Å². The minimum Gasteiger partial charge on any atom is -0.484 e. The summed E-state index contributed by atoms with van der Waals surface area (Å²) in [6, 6.07) is 11.3. The Morgan fingerprint density at radius 1 is 1.00 bits per heavy atom. The molecule has 0 heterocycles. The number of hydrazine groups is 1. The van der Waals surface area contributed by atoms with Crippen molar-refractivity contribution in [2.24, 2.45) is 0 Å². The van der Waals surface area contributed by atoms with Gasteiger partial charge in [-0.1, -0.05) is 12.1 Å². The molecule has 2 aromatic rings. The third kappa shape index (κ3) is 4.91. The number of nitrogens with one attached hydrogen (secondary N) is 2. The SMILES string of the molecule is CC(=O)c1cccc(OCC(=O)NNC(=O)c2ccc(F)cc2)c1. The van der Waals surface area contributed by atoms with Crippen LogP contribution >= 0.6 is 0 Å². The number of hydrogen-bond donors (Lipinski definition) is 2. The third-order valence-electron chi connectivity index (χ3n) is 3.03. The van der Waals surface area contributed by atoms with Crippen molar-refractivity contribution in [3.05, 3.63) is 65.5 Å². The Morgan fingerprint density at radius 3 is 2.38 bits per heavy atom. The quantitative estimate of drug-likeness (QED) is 0.647. The van der Waals surface area contributed by atoms with Crippen molar-refractivity contribution < 1.29 is 23.5 Å². The highest BCUT2D eigenvalue weighted by atomic mass is 19.1. The second-order valence-electron chi connectivity index (χ2n) is 4.88. The van der Waals surface area contributed by atoms with E-state index in [1.54, 1.807) is 18.2 Å². The van der Waals surface area contributed by atoms with Crippen LogP contribution < -0.4 is 15.6 Å². The number of carbonyl (C=O) groups excluding carboxylic acids is 3. The molecule has 2 aromatic carbocycles. The smallest absolute Gasteiger partial charge is 0.276 e. The van der Waals surface area contributed by atoms with E-state index in [9.17, 15) is 18.8 Å². The monoisotopic (exact) mass is 330 g/mol. The number of ketones is 1. The number of carbonyl (C=O) groups is 3. The van der Waals surface area contributed by atoms with Crippen molar-refractivity contribution in [3.8, 4) is 5.75 Å². The first-order valence-electron chi connectivity index (χ1n) is 7.04. The van der Waals surface area contributed by atoms with Crippen LogP contribution in [-0.2, 0) is 4.79 Å². The van der Waals surface area contributed by atoms with Gasteiger partial charge < -0.3 is 4.74 Å². The number of hydrogen-bond acceptors (Lipinski definition) is 4. The first-order chi connectivity index (χ1) is 11.5. The maximum absolute atomic E-state index is 12.8. The molecular weight excluding hydrogens is 315 g/mol. The van der Waals surface area contributed by atoms with Gasteiger partial charge in [-0.15, -0.1) is 0 Å². The van der Waals surface area contributed by atoms with Crippen molar-refractivity contribution in [1.29, 1.82) is 0 Å². The normalized spacial score (nSPS) is 9.92. The molecule has 0 radical (unpaired) electrons. The van der Waals surface area contributed by atoms with Crippen LogP contribution in [0.3, 0.4) is 0 Å². The van der Waals surface area contributed by atoms with Gasteiger partial charge in [0.25, 0.3) is 11.8 Å². The highest BCUT2D eigenvalue weighted by molar-refractivity contribution is 5.95. The Balaban J connectivity index is 1.81. The lowest BCUT2D eigenvalue weighted by molar-refractivity contribution is -0.123. The predicted octanol–water partition coefficient (Wildman–Crippen LogP) is 1.87. The summed E-state index contributed by atoms with van der Waals surface area (Å²) in [4.78, 5) is 34.6. The third-order valence-corrected chi connectivity index (χ3v) is 3.03. The summed E-state index contributed by atoms with van der Waals surface area (Å²) in [5, 5.41) is 0. The average molecular weight is 330 g/mol. The lowest BCUT2D eigenvalue weighted by Crippen LogP contribution is -2.43. The Morgan fingerprint density at radius 2 is 1.71 bits per heavy atom. The van der Waals surface area contributed by atoms with Gasteiger partial charge >= 0.3 is 0 Å². The molecule has 2 amide bonds. The molecule has 0 aliphatic rings. The molecule has 124 valence electrons. The molecule has 2 N–H and O–H groups in total. The summed E-state index contributed by atoms with van der Waals surface area (Å²) in [6.07, 6.45) is 0. The predicted molar refractivity (Wildman–Crippen MR) is 84.0 cm³/mol. The maximum Gasteiger partial charge on any atom is 0.276 e. The fourth-order valence-electron chi connectivity index (χ4n) is 1.79. The largest absolute Gasteiger partial charge is 0.484 e. The van der Waals surface area contributed by atoms with Crippen LogP contribution in [0.25, 0.3) is 0 Å². The van der Waals surface area contributed by atoms with E-state index >= 15 is 0 Å². The van der Waals surface area contributed by atoms with Gasteiger partial charge in [0.1, 0.15) is 11.6 Å². The van der Waals surface area contributed by atoms with Crippen LogP contribution in [-0.4, -0.2) is 24.2 Å². The van der Waals surface area contributed by atoms with Gasteiger partial charge in [-0.05, 0) is 43.3 Å². The van der Waals surface area contributed by atoms with E-state index in [0.29, 0.717) is 11.3 Å². The minimum absolute atomic E-state index is 0.114. The Bertz CT molecular complexity index is 759. The van der Waals surface area contributed by atoms with Crippen LogP contribution in [0.1, 0.15) is 27.6 Å². The van der Waals surface area contributed by atoms with Crippen LogP contribution in [0.15, 0.2) is 48.5 Å². The zero-order valence-corrected chi connectivity index (χ0v) is 12.8. The van der Waals surface area contributed by atoms with Crippen molar-refractivity contribution in [2.45, 2.75) is 6.92 Å². The number of benzene rings is 2. The number of amides is 2. The molecular formula is C17H15FN2O4. The van der Waals surface area contributed by atoms with Gasteiger partial charge in [0, 0.05) is 11.1 Å². The van der Waals surface area contributed by atoms with E-state index in [4.69, 9.17) is 4.74 Å².